The van der Waals surface area contributed by atoms with Crippen molar-refractivity contribution < 1.29 is 9.90 Å². The lowest BCUT2D eigenvalue weighted by Gasteiger charge is -2.38. The number of aromatic amines is 1. The van der Waals surface area contributed by atoms with Crippen LogP contribution in [0.4, 0.5) is 11.8 Å². The van der Waals surface area contributed by atoms with Crippen LogP contribution in [0.2, 0.25) is 0 Å². The molecule has 1 amide bonds. The van der Waals surface area contributed by atoms with Crippen LogP contribution >= 0.6 is 0 Å². The molecule has 126 valence electrons. The number of nitrogens with two attached hydrogens (primary N) is 1. The van der Waals surface area contributed by atoms with Crippen molar-refractivity contribution in [2.75, 3.05) is 36.8 Å². The second kappa shape index (κ2) is 6.57. The van der Waals surface area contributed by atoms with Crippen LogP contribution in [0.1, 0.15) is 25.7 Å². The number of amides is 1. The van der Waals surface area contributed by atoms with E-state index in [4.69, 9.17) is 5.73 Å². The number of nitrogens with zero attached hydrogens (tertiary/aromatic N) is 3. The molecule has 2 fully saturated rings. The van der Waals surface area contributed by atoms with Crippen LogP contribution in [-0.4, -0.2) is 58.2 Å². The van der Waals surface area contributed by atoms with Gasteiger partial charge in [0, 0.05) is 38.2 Å². The molecule has 0 unspecified atom stereocenters. The predicted octanol–water partition coefficient (Wildman–Crippen LogP) is -0.448. The van der Waals surface area contributed by atoms with Gasteiger partial charge >= 0.3 is 0 Å². The lowest BCUT2D eigenvalue weighted by Crippen LogP contribution is -2.51. The molecule has 0 radical (unpaired) electrons. The smallest absolute Gasteiger partial charge is 0.254 e. The molecule has 2 aliphatic rings. The summed E-state index contributed by atoms with van der Waals surface area (Å²) in [6, 6.07) is 1.42. The SMILES string of the molecule is Nc1nc(N2CCN(C(=O)[C@@H]3CCC[C@@H](O)C3)CC2)cc(=O)[nH]1. The van der Waals surface area contributed by atoms with Gasteiger partial charge in [-0.15, -0.1) is 0 Å². The average molecular weight is 321 g/mol. The van der Waals surface area contributed by atoms with Crippen LogP contribution in [-0.2, 0) is 4.79 Å². The number of aliphatic hydroxyl groups excluding tert-OH is 1. The zero-order valence-corrected chi connectivity index (χ0v) is 13.1. The van der Waals surface area contributed by atoms with E-state index in [0.29, 0.717) is 38.4 Å². The van der Waals surface area contributed by atoms with Gasteiger partial charge in [0.2, 0.25) is 11.9 Å². The summed E-state index contributed by atoms with van der Waals surface area (Å²) < 4.78 is 0. The molecule has 1 aromatic rings. The highest BCUT2D eigenvalue weighted by Crippen LogP contribution is 2.26. The minimum absolute atomic E-state index is 0.0568. The second-order valence-electron chi connectivity index (χ2n) is 6.32. The van der Waals surface area contributed by atoms with Crippen LogP contribution in [0.25, 0.3) is 0 Å². The number of H-pyrrole nitrogens is 1. The van der Waals surface area contributed by atoms with Crippen molar-refractivity contribution in [3.8, 4) is 0 Å². The summed E-state index contributed by atoms with van der Waals surface area (Å²) in [5, 5.41) is 9.74. The summed E-state index contributed by atoms with van der Waals surface area (Å²) in [5.41, 5.74) is 5.29. The Kier molecular flexibility index (Phi) is 4.51. The number of nitrogens with one attached hydrogen (secondary N) is 1. The molecule has 1 saturated heterocycles. The van der Waals surface area contributed by atoms with Crippen LogP contribution in [0.15, 0.2) is 10.9 Å². The zero-order valence-electron chi connectivity index (χ0n) is 13.1. The van der Waals surface area contributed by atoms with Gasteiger partial charge in [-0.25, -0.2) is 0 Å². The zero-order chi connectivity index (χ0) is 16.4. The number of aromatic nitrogens is 2. The maximum atomic E-state index is 12.6. The Balaban J connectivity index is 1.59. The molecular weight excluding hydrogens is 298 g/mol. The molecule has 8 heteroatoms. The molecule has 1 aliphatic heterocycles. The largest absolute Gasteiger partial charge is 0.393 e. The van der Waals surface area contributed by atoms with Crippen LogP contribution in [0, 0.1) is 5.92 Å². The van der Waals surface area contributed by atoms with E-state index in [1.165, 1.54) is 6.07 Å². The maximum absolute atomic E-state index is 12.6. The summed E-state index contributed by atoms with van der Waals surface area (Å²) in [7, 11) is 0. The van der Waals surface area contributed by atoms with Crippen molar-refractivity contribution in [1.29, 1.82) is 0 Å². The van der Waals surface area contributed by atoms with Gasteiger partial charge in [0.15, 0.2) is 0 Å². The summed E-state index contributed by atoms with van der Waals surface area (Å²) in [5.74, 6) is 0.731. The average Bonchev–Trinajstić information content (AvgIpc) is 2.53. The molecule has 2 atom stereocenters. The van der Waals surface area contributed by atoms with Gasteiger partial charge in [-0.05, 0) is 19.3 Å². The predicted molar refractivity (Wildman–Crippen MR) is 86.0 cm³/mol. The van der Waals surface area contributed by atoms with Crippen molar-refractivity contribution >= 4 is 17.7 Å². The molecule has 23 heavy (non-hydrogen) atoms. The minimum Gasteiger partial charge on any atom is -0.393 e. The Morgan fingerprint density at radius 1 is 1.30 bits per heavy atom. The fraction of sp³-hybridized carbons (Fsp3) is 0.667. The molecular formula is C15H23N5O3. The molecule has 0 spiro atoms. The van der Waals surface area contributed by atoms with Gasteiger partial charge in [-0.1, -0.05) is 6.42 Å². The van der Waals surface area contributed by atoms with Crippen molar-refractivity contribution in [3.05, 3.63) is 16.4 Å². The number of rotatable bonds is 2. The number of piperazine rings is 1. The Morgan fingerprint density at radius 3 is 2.70 bits per heavy atom. The van der Waals surface area contributed by atoms with E-state index in [1.807, 2.05) is 9.80 Å². The third kappa shape index (κ3) is 3.64. The van der Waals surface area contributed by atoms with Gasteiger partial charge in [0.1, 0.15) is 5.82 Å². The normalized spacial score (nSPS) is 25.4. The molecule has 0 bridgehead atoms. The van der Waals surface area contributed by atoms with Crippen molar-refractivity contribution in [2.45, 2.75) is 31.8 Å². The first-order valence-electron chi connectivity index (χ1n) is 8.11. The standard InChI is InChI=1S/C15H23N5O3/c16-15-17-12(9-13(22)18-15)19-4-6-20(7-5-19)14(23)10-2-1-3-11(21)8-10/h9-11,21H,1-8H2,(H3,16,17,18,22)/t10-,11-/m1/s1. The first-order chi connectivity index (χ1) is 11.0. The lowest BCUT2D eigenvalue weighted by molar-refractivity contribution is -0.138. The molecule has 3 rings (SSSR count). The van der Waals surface area contributed by atoms with Gasteiger partial charge in [-0.3, -0.25) is 14.6 Å². The topological polar surface area (TPSA) is 116 Å². The van der Waals surface area contributed by atoms with Crippen molar-refractivity contribution in [1.82, 2.24) is 14.9 Å². The first-order valence-corrected chi connectivity index (χ1v) is 8.11. The lowest BCUT2D eigenvalue weighted by atomic mass is 9.86. The van der Waals surface area contributed by atoms with E-state index < -0.39 is 0 Å². The highest BCUT2D eigenvalue weighted by atomic mass is 16.3. The van der Waals surface area contributed by atoms with Crippen LogP contribution in [0.5, 0.6) is 0 Å². The molecule has 2 heterocycles. The van der Waals surface area contributed by atoms with Crippen LogP contribution < -0.4 is 16.2 Å². The second-order valence-corrected chi connectivity index (χ2v) is 6.32. The number of hydrogen-bond donors (Lipinski definition) is 3. The first kappa shape index (κ1) is 15.8. The summed E-state index contributed by atoms with van der Waals surface area (Å²) >= 11 is 0. The highest BCUT2D eigenvalue weighted by Gasteiger charge is 2.31. The van der Waals surface area contributed by atoms with Gasteiger partial charge in [0.05, 0.1) is 6.10 Å². The highest BCUT2D eigenvalue weighted by molar-refractivity contribution is 5.79. The van der Waals surface area contributed by atoms with Gasteiger partial charge < -0.3 is 20.6 Å². The van der Waals surface area contributed by atoms with Gasteiger partial charge in [-0.2, -0.15) is 4.98 Å². The quantitative estimate of drug-likeness (QED) is 0.679. The number of hydrogen-bond acceptors (Lipinski definition) is 6. The molecule has 1 saturated carbocycles. The Labute approximate surface area is 134 Å². The summed E-state index contributed by atoms with van der Waals surface area (Å²) in [6.07, 6.45) is 2.80. The van der Waals surface area contributed by atoms with E-state index in [1.54, 1.807) is 0 Å². The van der Waals surface area contributed by atoms with E-state index in [2.05, 4.69) is 9.97 Å². The fourth-order valence-electron chi connectivity index (χ4n) is 3.43. The Morgan fingerprint density at radius 2 is 2.04 bits per heavy atom. The van der Waals surface area contributed by atoms with E-state index in [0.717, 1.165) is 19.3 Å². The molecule has 4 N–H and O–H groups in total. The number of nitrogen functional groups attached to an aromatic ring is 1. The van der Waals surface area contributed by atoms with E-state index >= 15 is 0 Å². The Bertz CT molecular complexity index is 624. The van der Waals surface area contributed by atoms with Gasteiger partial charge in [0.25, 0.3) is 5.56 Å². The third-order valence-electron chi connectivity index (χ3n) is 4.66. The number of carbonyl (C=O) groups is 1. The summed E-state index contributed by atoms with van der Waals surface area (Å²) in [4.78, 5) is 34.4. The molecule has 0 aromatic carbocycles. The van der Waals surface area contributed by atoms with Crippen molar-refractivity contribution in [2.24, 2.45) is 5.92 Å². The maximum Gasteiger partial charge on any atom is 0.254 e. The van der Waals surface area contributed by atoms with E-state index in [9.17, 15) is 14.7 Å². The Hall–Kier alpha value is -2.09. The minimum atomic E-state index is -0.345. The van der Waals surface area contributed by atoms with Crippen LogP contribution in [0.3, 0.4) is 0 Å². The number of anilines is 2. The van der Waals surface area contributed by atoms with E-state index in [-0.39, 0.29) is 29.4 Å². The fourth-order valence-corrected chi connectivity index (χ4v) is 3.43. The summed E-state index contributed by atoms with van der Waals surface area (Å²) in [6.45, 7) is 2.44. The number of carbonyl (C=O) groups excluding carboxylic acids is 1. The third-order valence-corrected chi connectivity index (χ3v) is 4.66. The molecule has 1 aliphatic carbocycles. The van der Waals surface area contributed by atoms with Crippen molar-refractivity contribution in [3.63, 3.8) is 0 Å². The molecule has 1 aromatic heterocycles. The monoisotopic (exact) mass is 321 g/mol. The number of aliphatic hydroxyl groups is 1. The molecule has 8 nitrogen and oxygen atoms in total.